The van der Waals surface area contributed by atoms with Crippen LogP contribution in [0.25, 0.3) is 0 Å². The first-order chi connectivity index (χ1) is 10.7. The minimum Gasteiger partial charge on any atom is -0.489 e. The Bertz CT molecular complexity index is 758. The van der Waals surface area contributed by atoms with Crippen LogP contribution in [0.15, 0.2) is 35.7 Å². The minimum absolute atomic E-state index is 0.105. The molecule has 23 heavy (non-hydrogen) atoms. The van der Waals surface area contributed by atoms with Gasteiger partial charge < -0.3 is 4.74 Å². The third-order valence-electron chi connectivity index (χ3n) is 2.77. The number of rotatable bonds is 6. The van der Waals surface area contributed by atoms with Crippen LogP contribution in [0.2, 0.25) is 5.02 Å². The van der Waals surface area contributed by atoms with E-state index in [2.05, 4.69) is 0 Å². The van der Waals surface area contributed by atoms with Crippen LogP contribution >= 0.6 is 22.9 Å². The lowest BCUT2D eigenvalue weighted by Crippen LogP contribution is -2.36. The van der Waals surface area contributed by atoms with Crippen LogP contribution in [0, 0.1) is 0 Å². The van der Waals surface area contributed by atoms with E-state index in [4.69, 9.17) is 16.3 Å². The van der Waals surface area contributed by atoms with Crippen LogP contribution in [0.4, 0.5) is 13.2 Å². The summed E-state index contributed by atoms with van der Waals surface area (Å²) in [7, 11) is -5.36. The number of alkyl halides is 3. The number of benzene rings is 1. The first-order valence-corrected chi connectivity index (χ1v) is 8.92. The van der Waals surface area contributed by atoms with Gasteiger partial charge in [0.1, 0.15) is 12.4 Å². The first-order valence-electron chi connectivity index (χ1n) is 6.18. The summed E-state index contributed by atoms with van der Waals surface area (Å²) in [6, 6.07) is 8.25. The molecule has 1 aromatic carbocycles. The zero-order valence-electron chi connectivity index (χ0n) is 11.4. The van der Waals surface area contributed by atoms with Crippen molar-refractivity contribution >= 4 is 33.0 Å². The van der Waals surface area contributed by atoms with E-state index in [9.17, 15) is 21.6 Å². The Hall–Kier alpha value is -1.29. The highest BCUT2D eigenvalue weighted by Gasteiger charge is 2.45. The fourth-order valence-electron chi connectivity index (χ4n) is 1.59. The molecule has 0 unspecified atom stereocenters. The van der Waals surface area contributed by atoms with Gasteiger partial charge >= 0.3 is 15.5 Å². The Morgan fingerprint density at radius 3 is 2.43 bits per heavy atom. The highest BCUT2D eigenvalue weighted by atomic mass is 35.5. The van der Waals surface area contributed by atoms with Gasteiger partial charge in [-0.25, -0.2) is 13.1 Å². The second-order valence-electron chi connectivity index (χ2n) is 4.38. The van der Waals surface area contributed by atoms with Gasteiger partial charge in [-0.3, -0.25) is 0 Å². The Morgan fingerprint density at radius 1 is 1.17 bits per heavy atom. The lowest BCUT2D eigenvalue weighted by atomic mass is 10.2. The van der Waals surface area contributed by atoms with E-state index in [0.717, 1.165) is 11.3 Å². The SMILES string of the molecule is O=S(=O)(NCc1sccc1COc1ccc(Cl)cc1)C(F)(F)F. The molecule has 0 aliphatic heterocycles. The summed E-state index contributed by atoms with van der Waals surface area (Å²) in [5.74, 6) is 0.544. The van der Waals surface area contributed by atoms with E-state index in [1.54, 1.807) is 35.7 Å². The highest BCUT2D eigenvalue weighted by Crippen LogP contribution is 2.24. The van der Waals surface area contributed by atoms with Crippen LogP contribution in [-0.4, -0.2) is 13.9 Å². The molecule has 0 aliphatic carbocycles. The summed E-state index contributed by atoms with van der Waals surface area (Å²) in [6.45, 7) is -0.340. The number of hydrogen-bond donors (Lipinski definition) is 1. The van der Waals surface area contributed by atoms with Crippen LogP contribution in [0.1, 0.15) is 10.4 Å². The summed E-state index contributed by atoms with van der Waals surface area (Å²) < 4.78 is 65.9. The molecule has 1 aromatic heterocycles. The van der Waals surface area contributed by atoms with Crippen molar-refractivity contribution in [2.75, 3.05) is 0 Å². The normalized spacial score (nSPS) is 12.3. The molecule has 2 rings (SSSR count). The maximum Gasteiger partial charge on any atom is 0.511 e. The fraction of sp³-hybridized carbons (Fsp3) is 0.231. The second-order valence-corrected chi connectivity index (χ2v) is 7.58. The maximum absolute atomic E-state index is 12.3. The zero-order chi connectivity index (χ0) is 17.1. The quantitative estimate of drug-likeness (QED) is 0.820. The van der Waals surface area contributed by atoms with Crippen LogP contribution in [0.3, 0.4) is 0 Å². The van der Waals surface area contributed by atoms with Crippen molar-refractivity contribution in [3.63, 3.8) is 0 Å². The zero-order valence-corrected chi connectivity index (χ0v) is 13.8. The van der Waals surface area contributed by atoms with Crippen molar-refractivity contribution in [3.8, 4) is 5.75 Å². The van der Waals surface area contributed by atoms with E-state index >= 15 is 0 Å². The molecule has 0 aliphatic rings. The molecule has 0 atom stereocenters. The fourth-order valence-corrected chi connectivity index (χ4v) is 3.13. The average molecular weight is 386 g/mol. The van der Waals surface area contributed by atoms with Crippen molar-refractivity contribution < 1.29 is 26.3 Å². The van der Waals surface area contributed by atoms with E-state index in [1.165, 1.54) is 4.72 Å². The monoisotopic (exact) mass is 385 g/mol. The number of ether oxygens (including phenoxy) is 1. The Kier molecular flexibility index (Phi) is 5.56. The van der Waals surface area contributed by atoms with Crippen LogP contribution in [-0.2, 0) is 23.2 Å². The standard InChI is InChI=1S/C13H11ClF3NO3S2/c14-10-1-3-11(4-2-10)21-8-9-5-6-22-12(9)7-18-23(19,20)13(15,16)17/h1-6,18H,7-8H2. The Balaban J connectivity index is 1.98. The summed E-state index contributed by atoms with van der Waals surface area (Å²) in [5, 5.41) is 2.20. The summed E-state index contributed by atoms with van der Waals surface area (Å²) in [6.07, 6.45) is 0. The summed E-state index contributed by atoms with van der Waals surface area (Å²) >= 11 is 6.89. The lowest BCUT2D eigenvalue weighted by molar-refractivity contribution is -0.0448. The van der Waals surface area contributed by atoms with Gasteiger partial charge in [-0.15, -0.1) is 11.3 Å². The van der Waals surface area contributed by atoms with Gasteiger partial charge in [0.2, 0.25) is 0 Å². The van der Waals surface area contributed by atoms with Gasteiger partial charge in [0.05, 0.1) is 0 Å². The van der Waals surface area contributed by atoms with Crippen molar-refractivity contribution in [1.29, 1.82) is 0 Å². The van der Waals surface area contributed by atoms with Gasteiger partial charge in [-0.05, 0) is 35.7 Å². The number of halogens is 4. The molecule has 10 heteroatoms. The summed E-state index contributed by atoms with van der Waals surface area (Å²) in [5.41, 5.74) is -4.72. The maximum atomic E-state index is 12.3. The molecule has 126 valence electrons. The number of thiophene rings is 1. The molecule has 4 nitrogen and oxygen atoms in total. The predicted molar refractivity (Wildman–Crippen MR) is 81.9 cm³/mol. The number of sulfonamides is 1. The molecule has 0 bridgehead atoms. The van der Waals surface area contributed by atoms with E-state index in [0.29, 0.717) is 21.2 Å². The summed E-state index contributed by atoms with van der Waals surface area (Å²) in [4.78, 5) is 0.451. The van der Waals surface area contributed by atoms with Crippen molar-refractivity contribution in [3.05, 3.63) is 51.2 Å². The average Bonchev–Trinajstić information content (AvgIpc) is 2.91. The topological polar surface area (TPSA) is 55.4 Å². The highest BCUT2D eigenvalue weighted by molar-refractivity contribution is 7.90. The van der Waals surface area contributed by atoms with Gasteiger partial charge in [-0.2, -0.15) is 13.2 Å². The second kappa shape index (κ2) is 7.08. The van der Waals surface area contributed by atoms with Crippen molar-refractivity contribution in [1.82, 2.24) is 4.72 Å². The third kappa shape index (κ3) is 4.84. The molecular weight excluding hydrogens is 375 g/mol. The Morgan fingerprint density at radius 2 is 1.83 bits per heavy atom. The van der Waals surface area contributed by atoms with Gasteiger partial charge in [-0.1, -0.05) is 11.6 Å². The van der Waals surface area contributed by atoms with E-state index in [-0.39, 0.29) is 6.61 Å². The first kappa shape index (κ1) is 18.1. The molecular formula is C13H11ClF3NO3S2. The largest absolute Gasteiger partial charge is 0.511 e. The smallest absolute Gasteiger partial charge is 0.489 e. The molecule has 0 radical (unpaired) electrons. The molecule has 0 saturated carbocycles. The molecule has 0 spiro atoms. The van der Waals surface area contributed by atoms with Crippen molar-refractivity contribution in [2.24, 2.45) is 0 Å². The van der Waals surface area contributed by atoms with E-state index in [1.807, 2.05) is 0 Å². The van der Waals surface area contributed by atoms with E-state index < -0.39 is 22.1 Å². The van der Waals surface area contributed by atoms with Crippen LogP contribution < -0.4 is 9.46 Å². The van der Waals surface area contributed by atoms with Gasteiger partial charge in [0, 0.05) is 22.0 Å². The Labute approximate surface area is 139 Å². The number of nitrogens with one attached hydrogen (secondary N) is 1. The van der Waals surface area contributed by atoms with Gasteiger partial charge in [0.25, 0.3) is 0 Å². The lowest BCUT2D eigenvalue weighted by Gasteiger charge is -2.10. The molecule has 0 amide bonds. The minimum atomic E-state index is -5.36. The molecule has 1 heterocycles. The van der Waals surface area contributed by atoms with Crippen LogP contribution in [0.5, 0.6) is 5.75 Å². The molecule has 2 aromatic rings. The number of hydrogen-bond acceptors (Lipinski definition) is 4. The van der Waals surface area contributed by atoms with Gasteiger partial charge in [0.15, 0.2) is 0 Å². The molecule has 0 saturated heterocycles. The predicted octanol–water partition coefficient (Wildman–Crippen LogP) is 3.92. The molecule has 0 fully saturated rings. The third-order valence-corrected chi connectivity index (χ3v) is 5.12. The molecule has 1 N–H and O–H groups in total. The van der Waals surface area contributed by atoms with Crippen molar-refractivity contribution in [2.45, 2.75) is 18.7 Å².